The van der Waals surface area contributed by atoms with E-state index in [-0.39, 0.29) is 18.0 Å². The van der Waals surface area contributed by atoms with Crippen molar-refractivity contribution in [3.8, 4) is 11.4 Å². The maximum absolute atomic E-state index is 11.9. The van der Waals surface area contributed by atoms with Crippen LogP contribution in [-0.2, 0) is 4.79 Å². The minimum atomic E-state index is 0.175. The van der Waals surface area contributed by atoms with Crippen LogP contribution in [0.25, 0.3) is 22.4 Å². The van der Waals surface area contributed by atoms with Crippen LogP contribution in [0.5, 0.6) is 0 Å². The molecule has 0 saturated carbocycles. The third kappa shape index (κ3) is 2.75. The molecule has 2 saturated heterocycles. The normalized spacial score (nSPS) is 21.9. The van der Waals surface area contributed by atoms with Gasteiger partial charge in [-0.3, -0.25) is 4.79 Å². The van der Waals surface area contributed by atoms with Gasteiger partial charge in [-0.2, -0.15) is 0 Å². The van der Waals surface area contributed by atoms with Gasteiger partial charge in [-0.25, -0.2) is 9.97 Å². The summed E-state index contributed by atoms with van der Waals surface area (Å²) in [4.78, 5) is 28.8. The largest absolute Gasteiger partial charge is 0.352 e. The number of benzene rings is 1. The van der Waals surface area contributed by atoms with Crippen molar-refractivity contribution in [3.05, 3.63) is 41.6 Å². The summed E-state index contributed by atoms with van der Waals surface area (Å²) in [5.41, 5.74) is 2.74. The minimum Gasteiger partial charge on any atom is -0.352 e. The molecule has 0 aliphatic carbocycles. The predicted octanol–water partition coefficient (Wildman–Crippen LogP) is 3.48. The number of hydrogen-bond donors (Lipinski definition) is 1. The first kappa shape index (κ1) is 16.6. The highest BCUT2D eigenvalue weighted by molar-refractivity contribution is 6.33. The molecule has 2 atom stereocenters. The molecular weight excluding hydrogens is 362 g/mol. The number of halogens is 1. The number of aromatic nitrogens is 3. The van der Waals surface area contributed by atoms with E-state index >= 15 is 0 Å². The highest BCUT2D eigenvalue weighted by atomic mass is 35.5. The molecule has 2 aliphatic rings. The lowest BCUT2D eigenvalue weighted by Crippen LogP contribution is -2.55. The van der Waals surface area contributed by atoms with Gasteiger partial charge in [0.1, 0.15) is 11.6 Å². The Bertz CT molecular complexity index is 985. The van der Waals surface area contributed by atoms with Crippen LogP contribution in [0.2, 0.25) is 5.02 Å². The zero-order valence-corrected chi connectivity index (χ0v) is 15.8. The number of para-hydroxylation sites is 2. The number of carbonyl (C=O) groups is 1. The summed E-state index contributed by atoms with van der Waals surface area (Å²) in [6, 6.07) is 10.5. The summed E-state index contributed by atoms with van der Waals surface area (Å²) in [5, 5.41) is 0.572. The van der Waals surface area contributed by atoms with Crippen LogP contribution in [0.1, 0.15) is 19.8 Å². The summed E-state index contributed by atoms with van der Waals surface area (Å²) in [5.74, 6) is 1.80. The zero-order valence-electron chi connectivity index (χ0n) is 15.0. The first-order chi connectivity index (χ1) is 13.1. The van der Waals surface area contributed by atoms with Gasteiger partial charge in [-0.1, -0.05) is 23.7 Å². The predicted molar refractivity (Wildman–Crippen MR) is 106 cm³/mol. The number of hydrogen-bond acceptors (Lipinski definition) is 4. The number of amides is 1. The monoisotopic (exact) mass is 381 g/mol. The third-order valence-corrected chi connectivity index (χ3v) is 5.96. The smallest absolute Gasteiger partial charge is 0.220 e. The van der Waals surface area contributed by atoms with Crippen molar-refractivity contribution in [2.24, 2.45) is 0 Å². The van der Waals surface area contributed by atoms with Gasteiger partial charge < -0.3 is 14.8 Å². The summed E-state index contributed by atoms with van der Waals surface area (Å²) < 4.78 is 0. The molecule has 2 unspecified atom stereocenters. The lowest BCUT2D eigenvalue weighted by molar-refractivity contribution is -0.132. The lowest BCUT2D eigenvalue weighted by atomic mass is 10.1. The Balaban J connectivity index is 1.49. The van der Waals surface area contributed by atoms with Crippen molar-refractivity contribution >= 4 is 34.4 Å². The fourth-order valence-electron chi connectivity index (χ4n) is 4.47. The van der Waals surface area contributed by atoms with Crippen LogP contribution >= 0.6 is 11.6 Å². The Labute approximate surface area is 162 Å². The van der Waals surface area contributed by atoms with E-state index in [1.54, 1.807) is 13.1 Å². The fourth-order valence-corrected chi connectivity index (χ4v) is 4.66. The van der Waals surface area contributed by atoms with Gasteiger partial charge in [0.15, 0.2) is 0 Å². The number of aromatic amines is 1. The van der Waals surface area contributed by atoms with Gasteiger partial charge in [0.2, 0.25) is 5.91 Å². The summed E-state index contributed by atoms with van der Waals surface area (Å²) >= 11 is 6.44. The van der Waals surface area contributed by atoms with Crippen molar-refractivity contribution in [3.63, 3.8) is 0 Å². The van der Waals surface area contributed by atoms with Crippen LogP contribution in [0, 0.1) is 0 Å². The maximum atomic E-state index is 11.9. The molecule has 3 aromatic rings. The molecular formula is C20H20ClN5O. The van der Waals surface area contributed by atoms with Crippen molar-refractivity contribution in [2.45, 2.75) is 31.8 Å². The zero-order chi connectivity index (χ0) is 18.5. The molecule has 27 heavy (non-hydrogen) atoms. The van der Waals surface area contributed by atoms with E-state index in [4.69, 9.17) is 11.6 Å². The maximum Gasteiger partial charge on any atom is 0.220 e. The Morgan fingerprint density at radius 2 is 1.96 bits per heavy atom. The standard InChI is InChI=1S/C20H20ClN5O/c1-12(27)26-13-6-7-14(26)11-25(10-13)19-8-15(16(21)9-22-19)20-23-17-4-2-3-5-18(17)24-20/h2-5,8-9,13-14H,6-7,10-11H2,1H3,(H,23,24). The molecule has 6 nitrogen and oxygen atoms in total. The average molecular weight is 382 g/mol. The molecule has 1 N–H and O–H groups in total. The van der Waals surface area contributed by atoms with E-state index in [0.29, 0.717) is 5.02 Å². The van der Waals surface area contributed by atoms with Crippen molar-refractivity contribution in [1.82, 2.24) is 19.9 Å². The molecule has 5 rings (SSSR count). The topological polar surface area (TPSA) is 65.1 Å². The fraction of sp³-hybridized carbons (Fsp3) is 0.350. The van der Waals surface area contributed by atoms with Crippen LogP contribution < -0.4 is 4.90 Å². The van der Waals surface area contributed by atoms with Crippen molar-refractivity contribution < 1.29 is 4.79 Å². The molecule has 0 radical (unpaired) electrons. The minimum absolute atomic E-state index is 0.175. The van der Waals surface area contributed by atoms with Crippen LogP contribution in [0.15, 0.2) is 36.5 Å². The Morgan fingerprint density at radius 1 is 1.22 bits per heavy atom. The molecule has 0 spiro atoms. The van der Waals surface area contributed by atoms with Crippen LogP contribution in [0.4, 0.5) is 5.82 Å². The van der Waals surface area contributed by atoms with E-state index in [1.807, 2.05) is 35.2 Å². The molecule has 7 heteroatoms. The Hall–Kier alpha value is -2.60. The van der Waals surface area contributed by atoms with E-state index < -0.39 is 0 Å². The quantitative estimate of drug-likeness (QED) is 0.738. The van der Waals surface area contributed by atoms with Gasteiger partial charge in [0.05, 0.1) is 16.1 Å². The number of imidazole rings is 1. The van der Waals surface area contributed by atoms with E-state index in [9.17, 15) is 4.79 Å². The third-order valence-electron chi connectivity index (χ3n) is 5.66. The molecule has 2 fully saturated rings. The summed E-state index contributed by atoms with van der Waals surface area (Å²) in [7, 11) is 0. The van der Waals surface area contributed by atoms with Crippen molar-refractivity contribution in [2.75, 3.05) is 18.0 Å². The summed E-state index contributed by atoms with van der Waals surface area (Å²) in [6.45, 7) is 3.29. The SMILES string of the molecule is CC(=O)N1C2CCC1CN(c1cc(-c3nc4ccccc4[nH]3)c(Cl)cn1)C2. The van der Waals surface area contributed by atoms with Gasteiger partial charge >= 0.3 is 0 Å². The second-order valence-electron chi connectivity index (χ2n) is 7.34. The van der Waals surface area contributed by atoms with Crippen LogP contribution in [-0.4, -0.2) is 50.9 Å². The lowest BCUT2D eigenvalue weighted by Gasteiger charge is -2.41. The number of nitrogens with zero attached hydrogens (tertiary/aromatic N) is 4. The van der Waals surface area contributed by atoms with E-state index in [0.717, 1.165) is 54.2 Å². The molecule has 138 valence electrons. The molecule has 2 aromatic heterocycles. The average Bonchev–Trinajstić information content (AvgIpc) is 3.20. The number of carbonyl (C=O) groups excluding carboxylic acids is 1. The molecule has 1 aromatic carbocycles. The number of H-pyrrole nitrogens is 1. The Kier molecular flexibility index (Phi) is 3.82. The first-order valence-electron chi connectivity index (χ1n) is 9.24. The Morgan fingerprint density at radius 3 is 2.67 bits per heavy atom. The molecule has 1 amide bonds. The van der Waals surface area contributed by atoms with Crippen molar-refractivity contribution in [1.29, 1.82) is 0 Å². The van der Waals surface area contributed by atoms with Gasteiger partial charge in [0.25, 0.3) is 0 Å². The number of piperazine rings is 1. The number of nitrogens with one attached hydrogen (secondary N) is 1. The second-order valence-corrected chi connectivity index (χ2v) is 7.75. The van der Waals surface area contributed by atoms with Crippen LogP contribution in [0.3, 0.4) is 0 Å². The number of pyridine rings is 1. The van der Waals surface area contributed by atoms with E-state index in [2.05, 4.69) is 19.9 Å². The number of anilines is 1. The van der Waals surface area contributed by atoms with E-state index in [1.165, 1.54) is 0 Å². The highest BCUT2D eigenvalue weighted by Crippen LogP contribution is 2.35. The highest BCUT2D eigenvalue weighted by Gasteiger charge is 2.41. The number of fused-ring (bicyclic) bond motifs is 3. The first-order valence-corrected chi connectivity index (χ1v) is 9.62. The molecule has 2 aliphatic heterocycles. The molecule has 4 heterocycles. The van der Waals surface area contributed by atoms with Gasteiger partial charge in [0, 0.05) is 43.9 Å². The molecule has 2 bridgehead atoms. The second kappa shape index (κ2) is 6.23. The summed E-state index contributed by atoms with van der Waals surface area (Å²) in [6.07, 6.45) is 3.81. The number of rotatable bonds is 2. The van der Waals surface area contributed by atoms with Gasteiger partial charge in [-0.05, 0) is 31.0 Å². The van der Waals surface area contributed by atoms with Gasteiger partial charge in [-0.15, -0.1) is 0 Å².